The van der Waals surface area contributed by atoms with Crippen LogP contribution in [-0.2, 0) is 0 Å². The Bertz CT molecular complexity index is 421. The van der Waals surface area contributed by atoms with Gasteiger partial charge in [-0.3, -0.25) is 9.67 Å². The van der Waals surface area contributed by atoms with E-state index in [9.17, 15) is 0 Å². The summed E-state index contributed by atoms with van der Waals surface area (Å²) in [5, 5.41) is 4.23. The van der Waals surface area contributed by atoms with Crippen molar-refractivity contribution in [3.05, 3.63) is 42.4 Å². The highest BCUT2D eigenvalue weighted by Gasteiger charge is 2.11. The van der Waals surface area contributed by atoms with Crippen molar-refractivity contribution in [1.29, 1.82) is 0 Å². The molecule has 0 bridgehead atoms. The summed E-state index contributed by atoms with van der Waals surface area (Å²) in [6.45, 7) is 2.13. The molecule has 0 radical (unpaired) electrons. The molecule has 0 amide bonds. The number of anilines is 1. The zero-order chi connectivity index (χ0) is 10.7. The van der Waals surface area contributed by atoms with Gasteiger partial charge in [-0.25, -0.2) is 0 Å². The van der Waals surface area contributed by atoms with Gasteiger partial charge in [0.2, 0.25) is 0 Å². The maximum Gasteiger partial charge on any atom is 0.145 e. The van der Waals surface area contributed by atoms with Gasteiger partial charge in [0.1, 0.15) is 5.82 Å². The topological polar surface area (TPSA) is 56.7 Å². The lowest BCUT2D eigenvalue weighted by Crippen LogP contribution is -2.10. The molecular weight excluding hydrogens is 188 g/mol. The average Bonchev–Trinajstić information content (AvgIpc) is 2.68. The predicted octanol–water partition coefficient (Wildman–Crippen LogP) is 1.86. The van der Waals surface area contributed by atoms with Gasteiger partial charge in [-0.1, -0.05) is 6.92 Å². The minimum atomic E-state index is 0.241. The molecule has 0 spiro atoms. The third kappa shape index (κ3) is 1.98. The Labute approximate surface area is 88.8 Å². The standard InChI is InChI=1S/C11H14N4/c1-2-10(9-3-6-13-7-4-9)15-8-5-11(12)14-15/h3-8,10H,2H2,1H3,(H2,12,14). The highest BCUT2D eigenvalue weighted by atomic mass is 15.3. The summed E-state index contributed by atoms with van der Waals surface area (Å²) < 4.78 is 1.89. The number of hydrogen-bond donors (Lipinski definition) is 1. The molecule has 0 aromatic carbocycles. The van der Waals surface area contributed by atoms with E-state index in [4.69, 9.17) is 5.73 Å². The molecule has 15 heavy (non-hydrogen) atoms. The Morgan fingerprint density at radius 2 is 2.07 bits per heavy atom. The number of nitrogens with two attached hydrogens (primary N) is 1. The van der Waals surface area contributed by atoms with Crippen molar-refractivity contribution < 1.29 is 0 Å². The first-order chi connectivity index (χ1) is 7.31. The lowest BCUT2D eigenvalue weighted by molar-refractivity contribution is 0.510. The van der Waals surface area contributed by atoms with Crippen molar-refractivity contribution in [2.24, 2.45) is 0 Å². The van der Waals surface area contributed by atoms with Crippen LogP contribution in [0.25, 0.3) is 0 Å². The molecule has 2 aromatic heterocycles. The predicted molar refractivity (Wildman–Crippen MR) is 59.3 cm³/mol. The number of nitrogens with zero attached hydrogens (tertiary/aromatic N) is 3. The fourth-order valence-electron chi connectivity index (χ4n) is 1.69. The third-order valence-electron chi connectivity index (χ3n) is 2.43. The van der Waals surface area contributed by atoms with Gasteiger partial charge < -0.3 is 5.73 Å². The Morgan fingerprint density at radius 1 is 1.33 bits per heavy atom. The zero-order valence-corrected chi connectivity index (χ0v) is 8.67. The SMILES string of the molecule is CCC(c1ccncc1)n1ccc(N)n1. The Balaban J connectivity index is 2.33. The highest BCUT2D eigenvalue weighted by Crippen LogP contribution is 2.20. The van der Waals surface area contributed by atoms with E-state index in [0.29, 0.717) is 5.82 Å². The molecule has 1 atom stereocenters. The van der Waals surface area contributed by atoms with Crippen LogP contribution < -0.4 is 5.73 Å². The Morgan fingerprint density at radius 3 is 2.60 bits per heavy atom. The molecule has 4 nitrogen and oxygen atoms in total. The molecule has 0 aliphatic carbocycles. The molecule has 0 aliphatic rings. The summed E-state index contributed by atoms with van der Waals surface area (Å²) in [5.41, 5.74) is 6.81. The first-order valence-corrected chi connectivity index (χ1v) is 5.02. The average molecular weight is 202 g/mol. The first-order valence-electron chi connectivity index (χ1n) is 5.02. The maximum atomic E-state index is 5.60. The molecule has 0 saturated heterocycles. The molecule has 2 aromatic rings. The van der Waals surface area contributed by atoms with Gasteiger partial charge in [-0.15, -0.1) is 0 Å². The second-order valence-electron chi connectivity index (χ2n) is 3.43. The Hall–Kier alpha value is -1.84. The van der Waals surface area contributed by atoms with Crippen molar-refractivity contribution in [1.82, 2.24) is 14.8 Å². The van der Waals surface area contributed by atoms with Gasteiger partial charge in [0.05, 0.1) is 6.04 Å². The number of rotatable bonds is 3. The summed E-state index contributed by atoms with van der Waals surface area (Å²) >= 11 is 0. The van der Waals surface area contributed by atoms with Gasteiger partial charge in [0, 0.05) is 18.6 Å². The van der Waals surface area contributed by atoms with Gasteiger partial charge >= 0.3 is 0 Å². The fraction of sp³-hybridized carbons (Fsp3) is 0.273. The summed E-state index contributed by atoms with van der Waals surface area (Å²) in [7, 11) is 0. The van der Waals surface area contributed by atoms with E-state index in [2.05, 4.69) is 17.0 Å². The summed E-state index contributed by atoms with van der Waals surface area (Å²) in [6.07, 6.45) is 6.48. The van der Waals surface area contributed by atoms with Crippen LogP contribution in [0.1, 0.15) is 24.9 Å². The maximum absolute atomic E-state index is 5.60. The molecule has 4 heteroatoms. The normalized spacial score (nSPS) is 12.6. The van der Waals surface area contributed by atoms with Gasteiger partial charge in [0.15, 0.2) is 0 Å². The summed E-state index contributed by atoms with van der Waals surface area (Å²) in [5.74, 6) is 0.558. The molecule has 78 valence electrons. The lowest BCUT2D eigenvalue weighted by Gasteiger charge is -2.15. The minimum absolute atomic E-state index is 0.241. The van der Waals surface area contributed by atoms with E-state index < -0.39 is 0 Å². The molecular formula is C11H14N4. The van der Waals surface area contributed by atoms with Crippen molar-refractivity contribution in [3.8, 4) is 0 Å². The van der Waals surface area contributed by atoms with Crippen LogP contribution in [0.5, 0.6) is 0 Å². The smallest absolute Gasteiger partial charge is 0.145 e. The van der Waals surface area contributed by atoms with E-state index >= 15 is 0 Å². The largest absolute Gasteiger partial charge is 0.382 e. The van der Waals surface area contributed by atoms with Gasteiger partial charge in [-0.05, 0) is 30.2 Å². The first kappa shape index (κ1) is 9.71. The van der Waals surface area contributed by atoms with Gasteiger partial charge in [0.25, 0.3) is 0 Å². The molecule has 2 heterocycles. The summed E-state index contributed by atoms with van der Waals surface area (Å²) in [4.78, 5) is 4.01. The van der Waals surface area contributed by atoms with E-state index in [0.717, 1.165) is 6.42 Å². The zero-order valence-electron chi connectivity index (χ0n) is 8.67. The fourth-order valence-corrected chi connectivity index (χ4v) is 1.69. The van der Waals surface area contributed by atoms with Crippen LogP contribution >= 0.6 is 0 Å². The Kier molecular flexibility index (Phi) is 2.67. The van der Waals surface area contributed by atoms with E-state index in [1.807, 2.05) is 29.1 Å². The van der Waals surface area contributed by atoms with Crippen molar-refractivity contribution in [2.45, 2.75) is 19.4 Å². The van der Waals surface area contributed by atoms with Crippen molar-refractivity contribution >= 4 is 5.82 Å². The molecule has 1 unspecified atom stereocenters. The number of pyridine rings is 1. The quantitative estimate of drug-likeness (QED) is 0.826. The number of hydrogen-bond acceptors (Lipinski definition) is 3. The molecule has 2 N–H and O–H groups in total. The van der Waals surface area contributed by atoms with Gasteiger partial charge in [-0.2, -0.15) is 5.10 Å². The summed E-state index contributed by atoms with van der Waals surface area (Å²) in [6, 6.07) is 6.06. The van der Waals surface area contributed by atoms with Crippen LogP contribution in [0.3, 0.4) is 0 Å². The second kappa shape index (κ2) is 4.13. The van der Waals surface area contributed by atoms with Crippen molar-refractivity contribution in [3.63, 3.8) is 0 Å². The number of nitrogen functional groups attached to an aromatic ring is 1. The number of aromatic nitrogens is 3. The van der Waals surface area contributed by atoms with E-state index in [1.165, 1.54) is 5.56 Å². The van der Waals surface area contributed by atoms with Crippen LogP contribution in [-0.4, -0.2) is 14.8 Å². The molecule has 0 aliphatic heterocycles. The molecule has 2 rings (SSSR count). The third-order valence-corrected chi connectivity index (χ3v) is 2.43. The molecule has 0 saturated carbocycles. The lowest BCUT2D eigenvalue weighted by atomic mass is 10.1. The van der Waals surface area contributed by atoms with Crippen LogP contribution in [0.2, 0.25) is 0 Å². The van der Waals surface area contributed by atoms with Crippen LogP contribution in [0.15, 0.2) is 36.8 Å². The minimum Gasteiger partial charge on any atom is -0.382 e. The molecule has 0 fully saturated rings. The van der Waals surface area contributed by atoms with Crippen molar-refractivity contribution in [2.75, 3.05) is 5.73 Å². The van der Waals surface area contributed by atoms with E-state index in [-0.39, 0.29) is 6.04 Å². The monoisotopic (exact) mass is 202 g/mol. The second-order valence-corrected chi connectivity index (χ2v) is 3.43. The highest BCUT2D eigenvalue weighted by molar-refractivity contribution is 5.25. The van der Waals surface area contributed by atoms with E-state index in [1.54, 1.807) is 12.4 Å². The van der Waals surface area contributed by atoms with Crippen LogP contribution in [0.4, 0.5) is 5.82 Å². The van der Waals surface area contributed by atoms with Crippen LogP contribution in [0, 0.1) is 0 Å².